The third kappa shape index (κ3) is 19.0. The van der Waals surface area contributed by atoms with Crippen molar-refractivity contribution in [3.63, 3.8) is 0 Å². The molecule has 9 rings (SSSR count). The van der Waals surface area contributed by atoms with Gasteiger partial charge in [0.2, 0.25) is 0 Å². The van der Waals surface area contributed by atoms with Gasteiger partial charge in [-0.3, -0.25) is 4.79 Å². The van der Waals surface area contributed by atoms with Crippen LogP contribution in [0.2, 0.25) is 0 Å². The fourth-order valence-electron chi connectivity index (χ4n) is 9.36. The lowest BCUT2D eigenvalue weighted by Crippen LogP contribution is -2.46. The van der Waals surface area contributed by atoms with Gasteiger partial charge < -0.3 is 53.2 Å². The number of fused-ring (bicyclic) bond motifs is 2. The lowest BCUT2D eigenvalue weighted by atomic mass is 9.98. The van der Waals surface area contributed by atoms with Crippen molar-refractivity contribution in [1.29, 1.82) is 0 Å². The zero-order valence-electron chi connectivity index (χ0n) is 46.9. The lowest BCUT2D eigenvalue weighted by molar-refractivity contribution is -0.275. The van der Waals surface area contributed by atoms with Gasteiger partial charge in [0, 0.05) is 16.7 Å². The second-order valence-electron chi connectivity index (χ2n) is 19.1. The molecule has 2 aliphatic rings. The van der Waals surface area contributed by atoms with Crippen LogP contribution in [0, 0.1) is 0 Å². The summed E-state index contributed by atoms with van der Waals surface area (Å²) in [5.74, 6) is 1.14. The number of ether oxygens (including phenoxy) is 7. The molecule has 7 aromatic rings. The Balaban J connectivity index is 0.000000231. The number of β-amino-alcohol motifs (C(OH)–C–C–N with tert-alkyl or cyclic N) is 2. The third-order valence-electron chi connectivity index (χ3n) is 13.1. The molecule has 4 atom stereocenters. The molecule has 0 saturated carbocycles. The third-order valence-corrected chi connectivity index (χ3v) is 13.3. The molecule has 2 heterocycles. The second-order valence-corrected chi connectivity index (χ2v) is 19.3. The highest BCUT2D eigenvalue weighted by Gasteiger charge is 2.44. The molecule has 0 amide bonds. The van der Waals surface area contributed by atoms with Crippen LogP contribution >= 0.6 is 35.6 Å². The van der Waals surface area contributed by atoms with Gasteiger partial charge in [-0.05, 0) is 116 Å². The number of rotatable bonds is 18. The van der Waals surface area contributed by atoms with Crippen LogP contribution < -0.4 is 43.0 Å². The molecule has 474 valence electrons. The molecule has 12 nitrogen and oxygen atoms in total. The fraction of sp³-hybridized carbons (Fsp3) is 0.306. The Hall–Kier alpha value is -7.49. The van der Waals surface area contributed by atoms with Gasteiger partial charge in [-0.2, -0.15) is 26.3 Å². The van der Waals surface area contributed by atoms with Crippen LogP contribution in [-0.4, -0.2) is 105 Å². The number of alkyl halides is 13. The minimum Gasteiger partial charge on any atom is -0.494 e. The summed E-state index contributed by atoms with van der Waals surface area (Å²) in [4.78, 5) is 14.0. The van der Waals surface area contributed by atoms with Crippen LogP contribution in [0.5, 0.6) is 40.2 Å². The van der Waals surface area contributed by atoms with Crippen LogP contribution in [0.1, 0.15) is 54.3 Å². The van der Waals surface area contributed by atoms with Gasteiger partial charge in [0.1, 0.15) is 42.0 Å². The average molecular weight is 1380 g/mol. The molecule has 7 aromatic carbocycles. The Bertz CT molecular complexity index is 3220. The van der Waals surface area contributed by atoms with Crippen molar-refractivity contribution in [2.45, 2.75) is 70.1 Å². The van der Waals surface area contributed by atoms with Crippen LogP contribution in [0.4, 0.5) is 64.1 Å². The Morgan fingerprint density at radius 3 is 1.23 bits per heavy atom. The topological polar surface area (TPSA) is 129 Å². The normalized spacial score (nSPS) is 15.3. The first-order valence-electron chi connectivity index (χ1n) is 26.7. The summed E-state index contributed by atoms with van der Waals surface area (Å²) in [6.45, 7) is 5.15. The summed E-state index contributed by atoms with van der Waals surface area (Å²) in [5, 5.41) is 19.9. The van der Waals surface area contributed by atoms with E-state index in [-0.39, 0.29) is 71.7 Å². The molecule has 0 saturated heterocycles. The molecule has 4 unspecified atom stereocenters. The number of para-hydroxylation sites is 2. The Kier molecular flexibility index (Phi) is 24.2. The number of carbonyl (C=O) groups excluding carboxylic acids is 1. The smallest absolute Gasteiger partial charge is 0.494 e. The number of hydrogen-bond donors (Lipinski definition) is 2. The number of anilines is 2. The van der Waals surface area contributed by atoms with E-state index in [0.717, 1.165) is 12.1 Å². The summed E-state index contributed by atoms with van der Waals surface area (Å²) in [5.41, 5.74) is 3.66. The Morgan fingerprint density at radius 2 is 0.864 bits per heavy atom. The Labute approximate surface area is 520 Å². The number of halogens is 14. The van der Waals surface area contributed by atoms with E-state index in [2.05, 4.69) is 9.47 Å². The average Bonchev–Trinajstić information content (AvgIpc) is 1.09. The molecule has 0 fully saturated rings. The zero-order valence-corrected chi connectivity index (χ0v) is 49.9. The molecule has 0 aliphatic carbocycles. The van der Waals surface area contributed by atoms with Gasteiger partial charge in [-0.25, -0.2) is 0 Å². The molecule has 0 aromatic heterocycles. The van der Waals surface area contributed by atoms with E-state index in [1.807, 2.05) is 13.0 Å². The molecule has 0 spiro atoms. The van der Waals surface area contributed by atoms with Gasteiger partial charge in [0.25, 0.3) is 0 Å². The number of ketones is 1. The molecule has 26 heteroatoms. The van der Waals surface area contributed by atoms with E-state index in [9.17, 15) is 67.7 Å². The summed E-state index contributed by atoms with van der Waals surface area (Å²) in [7, 11) is 0. The van der Waals surface area contributed by atoms with Crippen molar-refractivity contribution in [2.24, 2.45) is 0 Å². The maximum Gasteiger partial charge on any atom is 0.573 e. The number of benzene rings is 7. The minimum atomic E-state index is -4.89. The highest BCUT2D eigenvalue weighted by atomic mass is 127. The number of carbonyl (C=O) groups is 1. The summed E-state index contributed by atoms with van der Waals surface area (Å²) in [6.07, 6.45) is -24.8. The van der Waals surface area contributed by atoms with Crippen LogP contribution in [0.3, 0.4) is 0 Å². The maximum absolute atomic E-state index is 13.4. The number of hydrogen-bond acceptors (Lipinski definition) is 12. The largest absolute Gasteiger partial charge is 0.573 e. The van der Waals surface area contributed by atoms with Crippen molar-refractivity contribution in [1.82, 2.24) is 0 Å². The van der Waals surface area contributed by atoms with Gasteiger partial charge in [-0.1, -0.05) is 84.9 Å². The van der Waals surface area contributed by atoms with Crippen molar-refractivity contribution in [2.75, 3.05) is 61.8 Å². The molecule has 88 heavy (non-hydrogen) atoms. The van der Waals surface area contributed by atoms with Gasteiger partial charge in [0.05, 0.1) is 62.2 Å². The molecular formula is C62H58ClF12IN2O10. The van der Waals surface area contributed by atoms with E-state index in [0.29, 0.717) is 76.0 Å². The maximum atomic E-state index is 13.4. The summed E-state index contributed by atoms with van der Waals surface area (Å²) >= 11 is 5.43. The van der Waals surface area contributed by atoms with E-state index in [1.54, 1.807) is 105 Å². The first-order chi connectivity index (χ1) is 41.2. The number of aliphatic hydroxyl groups is 2. The zero-order chi connectivity index (χ0) is 63.3. The van der Waals surface area contributed by atoms with Gasteiger partial charge >= 0.3 is 25.1 Å². The van der Waals surface area contributed by atoms with Crippen molar-refractivity contribution < 1.29 is 101 Å². The molecule has 0 bridgehead atoms. The molecule has 2 N–H and O–H groups in total. The van der Waals surface area contributed by atoms with Crippen molar-refractivity contribution in [3.8, 4) is 62.5 Å². The van der Waals surface area contributed by atoms with Crippen LogP contribution in [-0.2, 0) is 0 Å². The van der Waals surface area contributed by atoms with Crippen LogP contribution in [0.25, 0.3) is 22.3 Å². The fourth-order valence-corrected chi connectivity index (χ4v) is 9.52. The minimum absolute atomic E-state index is 0. The van der Waals surface area contributed by atoms with E-state index in [4.69, 9.17) is 35.3 Å². The predicted molar refractivity (Wildman–Crippen MR) is 316 cm³/mol. The summed E-state index contributed by atoms with van der Waals surface area (Å²) < 4.78 is 193. The van der Waals surface area contributed by atoms with Gasteiger partial charge in [-0.15, -0.1) is 61.9 Å². The molecule has 0 radical (unpaired) electrons. The molecule has 2 aliphatic heterocycles. The number of nitrogens with zero attached hydrogens (tertiary/aromatic N) is 2. The Morgan fingerprint density at radius 1 is 0.511 bits per heavy atom. The van der Waals surface area contributed by atoms with E-state index < -0.39 is 74.0 Å². The standard InChI is InChI=1S/2C26H23F6NO4.C10H11ClO2.HI/c2*1-2-35-18-8-4-7-17(13-18)22-15-36-24-20(16-6-3-9-19(12-16)37-26(30,31)32)10-5-11-21(24)33(22)14-23(34)25(27,28)29;1-2-13-9-5-3-4-8(6-9)10(12)7-11;/h2*3-13,22-23,34H,2,14-15H2,1H3;3-6H,2,7H2,1H3;1H. The van der Waals surface area contributed by atoms with Gasteiger partial charge in [0.15, 0.2) is 29.5 Å². The highest BCUT2D eigenvalue weighted by molar-refractivity contribution is 14.0. The first kappa shape index (κ1) is 69.6. The first-order valence-corrected chi connectivity index (χ1v) is 27.3. The lowest BCUT2D eigenvalue weighted by Gasteiger charge is -2.41. The van der Waals surface area contributed by atoms with E-state index >= 15 is 0 Å². The predicted octanol–water partition coefficient (Wildman–Crippen LogP) is 16.2. The van der Waals surface area contributed by atoms with E-state index in [1.165, 1.54) is 58.3 Å². The molecular weight excluding hydrogens is 1320 g/mol. The number of aliphatic hydroxyl groups excluding tert-OH is 2. The van der Waals surface area contributed by atoms with Crippen molar-refractivity contribution in [3.05, 3.63) is 174 Å². The van der Waals surface area contributed by atoms with Crippen molar-refractivity contribution >= 4 is 52.7 Å². The second kappa shape index (κ2) is 30.6. The SMILES string of the molecule is CCOc1cccc(C(=O)CCl)c1.CCOc1cccc(C2COc3c(-c4cccc(OC(F)(F)F)c4)cccc3N2CC(O)C(F)(F)F)c1.CCOc1cccc(C2COc3c(-c4cccc(OC(F)(F)F)c4)cccc3N2CC(O)C(F)(F)F)c1.I. The highest BCUT2D eigenvalue weighted by Crippen LogP contribution is 2.49. The van der Waals surface area contributed by atoms with Crippen LogP contribution in [0.15, 0.2) is 158 Å². The monoisotopic (exact) mass is 1380 g/mol. The number of Topliss-reactive ketones (excluding diaryl/α,β-unsaturated/α-hetero) is 1. The quantitative estimate of drug-likeness (QED) is 0.0367. The summed E-state index contributed by atoms with van der Waals surface area (Å²) in [6, 6.07) is 39.0.